The predicted octanol–water partition coefficient (Wildman–Crippen LogP) is 4.52. The minimum absolute atomic E-state index is 0.126. The monoisotopic (exact) mass is 362 g/mol. The lowest BCUT2D eigenvalue weighted by molar-refractivity contribution is 0.871. The maximum absolute atomic E-state index is 6.04. The van der Waals surface area contributed by atoms with E-state index in [9.17, 15) is 0 Å². The Morgan fingerprint density at radius 2 is 2.10 bits per heavy atom. The summed E-state index contributed by atoms with van der Waals surface area (Å²) in [5.41, 5.74) is 8.60. The molecule has 0 saturated carbocycles. The molecule has 2 aromatic heterocycles. The Bertz CT molecular complexity index is 799. The largest absolute Gasteiger partial charge is 0.398 e. The van der Waals surface area contributed by atoms with E-state index in [0.717, 1.165) is 31.8 Å². The number of nitrogen functional groups attached to an aromatic ring is 1. The number of aromatic nitrogens is 2. The Morgan fingerprint density at radius 1 is 1.29 bits per heavy atom. The smallest absolute Gasteiger partial charge is 0.115 e. The van der Waals surface area contributed by atoms with Crippen LogP contribution in [0, 0.1) is 6.92 Å². The van der Waals surface area contributed by atoms with Crippen molar-refractivity contribution in [3.63, 3.8) is 0 Å². The highest BCUT2D eigenvalue weighted by Crippen LogP contribution is 2.31. The number of hydrogen-bond acceptors (Lipinski definition) is 5. The van der Waals surface area contributed by atoms with E-state index in [1.165, 1.54) is 4.88 Å². The highest BCUT2D eigenvalue weighted by Gasteiger charge is 2.12. The van der Waals surface area contributed by atoms with Gasteiger partial charge in [-0.25, -0.2) is 4.98 Å². The number of anilines is 2. The zero-order valence-corrected chi connectivity index (χ0v) is 14.1. The highest BCUT2D eigenvalue weighted by atomic mass is 79.9. The van der Waals surface area contributed by atoms with E-state index in [2.05, 4.69) is 45.1 Å². The van der Waals surface area contributed by atoms with Gasteiger partial charge in [0, 0.05) is 32.8 Å². The number of nitrogens with zero attached hydrogens (tertiary/aromatic N) is 2. The van der Waals surface area contributed by atoms with E-state index in [0.29, 0.717) is 0 Å². The van der Waals surface area contributed by atoms with Crippen molar-refractivity contribution in [2.24, 2.45) is 0 Å². The van der Waals surface area contributed by atoms with Gasteiger partial charge in [-0.15, -0.1) is 11.3 Å². The second-order valence-corrected chi connectivity index (χ2v) is 7.11. The third-order valence-electron chi connectivity index (χ3n) is 3.23. The quantitative estimate of drug-likeness (QED) is 0.672. The maximum Gasteiger partial charge on any atom is 0.115 e. The molecule has 4 nitrogen and oxygen atoms in total. The Balaban J connectivity index is 1.99. The Labute approximate surface area is 135 Å². The minimum Gasteiger partial charge on any atom is -0.398 e. The fraction of sp³-hybridized carbons (Fsp3) is 0.200. The van der Waals surface area contributed by atoms with Gasteiger partial charge in [-0.3, -0.25) is 4.98 Å². The molecule has 0 aliphatic rings. The third kappa shape index (κ3) is 2.87. The van der Waals surface area contributed by atoms with Crippen LogP contribution in [0.3, 0.4) is 0 Å². The molecule has 0 radical (unpaired) electrons. The lowest BCUT2D eigenvalue weighted by atomic mass is 10.1. The standard InChI is InChI=1S/C15H15BrN4S/c1-8-6-19-15(21-8)9(2)20-13-4-3-12(17)11-5-10(16)7-18-14(11)13/h3-7,9,20H,17H2,1-2H3. The molecule has 3 rings (SSSR count). The summed E-state index contributed by atoms with van der Waals surface area (Å²) in [5, 5.41) is 5.48. The minimum atomic E-state index is 0.126. The second kappa shape index (κ2) is 5.61. The van der Waals surface area contributed by atoms with E-state index < -0.39 is 0 Å². The first-order valence-corrected chi connectivity index (χ1v) is 8.18. The third-order valence-corrected chi connectivity index (χ3v) is 4.76. The number of hydrogen-bond donors (Lipinski definition) is 2. The topological polar surface area (TPSA) is 63.8 Å². The normalized spacial score (nSPS) is 12.5. The Kier molecular flexibility index (Phi) is 3.82. The van der Waals surface area contributed by atoms with Crippen molar-refractivity contribution in [3.8, 4) is 0 Å². The molecule has 0 aliphatic heterocycles. The first-order valence-electron chi connectivity index (χ1n) is 6.57. The van der Waals surface area contributed by atoms with Crippen LogP contribution in [-0.2, 0) is 0 Å². The number of halogens is 1. The van der Waals surface area contributed by atoms with Gasteiger partial charge in [0.2, 0.25) is 0 Å². The molecule has 2 heterocycles. The van der Waals surface area contributed by atoms with Crippen LogP contribution in [0.1, 0.15) is 22.9 Å². The Hall–Kier alpha value is -1.66. The van der Waals surface area contributed by atoms with Crippen LogP contribution in [-0.4, -0.2) is 9.97 Å². The van der Waals surface area contributed by atoms with Crippen molar-refractivity contribution in [2.75, 3.05) is 11.1 Å². The molecule has 3 N–H and O–H groups in total. The number of fused-ring (bicyclic) bond motifs is 1. The van der Waals surface area contributed by atoms with Gasteiger partial charge in [0.15, 0.2) is 0 Å². The van der Waals surface area contributed by atoms with Crippen LogP contribution in [0.15, 0.2) is 35.1 Å². The predicted molar refractivity (Wildman–Crippen MR) is 92.7 cm³/mol. The van der Waals surface area contributed by atoms with Crippen molar-refractivity contribution >= 4 is 49.5 Å². The van der Waals surface area contributed by atoms with Gasteiger partial charge in [-0.1, -0.05) is 0 Å². The van der Waals surface area contributed by atoms with E-state index in [4.69, 9.17) is 5.73 Å². The fourth-order valence-electron chi connectivity index (χ4n) is 2.20. The van der Waals surface area contributed by atoms with Gasteiger partial charge < -0.3 is 11.1 Å². The summed E-state index contributed by atoms with van der Waals surface area (Å²) in [6.07, 6.45) is 3.68. The molecule has 1 unspecified atom stereocenters. The van der Waals surface area contributed by atoms with Crippen molar-refractivity contribution in [1.29, 1.82) is 0 Å². The number of thiazole rings is 1. The first-order chi connectivity index (χ1) is 10.0. The molecule has 6 heteroatoms. The first kappa shape index (κ1) is 14.3. The Morgan fingerprint density at radius 3 is 2.81 bits per heavy atom. The van der Waals surface area contributed by atoms with Gasteiger partial charge >= 0.3 is 0 Å². The van der Waals surface area contributed by atoms with Crippen LogP contribution in [0.4, 0.5) is 11.4 Å². The molecule has 0 saturated heterocycles. The van der Waals surface area contributed by atoms with Crippen LogP contribution in [0.25, 0.3) is 10.9 Å². The van der Waals surface area contributed by atoms with Crippen molar-refractivity contribution in [1.82, 2.24) is 9.97 Å². The second-order valence-electron chi connectivity index (χ2n) is 4.93. The highest BCUT2D eigenvalue weighted by molar-refractivity contribution is 9.10. The van der Waals surface area contributed by atoms with E-state index in [1.807, 2.05) is 24.4 Å². The van der Waals surface area contributed by atoms with Gasteiger partial charge in [-0.05, 0) is 48.0 Å². The van der Waals surface area contributed by atoms with E-state index in [1.54, 1.807) is 17.5 Å². The number of nitrogens with two attached hydrogens (primary N) is 1. The molecular weight excluding hydrogens is 348 g/mol. The van der Waals surface area contributed by atoms with Crippen molar-refractivity contribution in [3.05, 3.63) is 45.0 Å². The molecule has 108 valence electrons. The molecule has 0 aliphatic carbocycles. The van der Waals surface area contributed by atoms with Gasteiger partial charge in [0.25, 0.3) is 0 Å². The summed E-state index contributed by atoms with van der Waals surface area (Å²) in [7, 11) is 0. The number of benzene rings is 1. The molecule has 21 heavy (non-hydrogen) atoms. The lowest BCUT2D eigenvalue weighted by Gasteiger charge is -2.15. The van der Waals surface area contributed by atoms with Crippen LogP contribution >= 0.6 is 27.3 Å². The van der Waals surface area contributed by atoms with Gasteiger partial charge in [-0.2, -0.15) is 0 Å². The molecule has 0 fully saturated rings. The fourth-order valence-corrected chi connectivity index (χ4v) is 3.31. The average Bonchev–Trinajstić information content (AvgIpc) is 2.89. The SMILES string of the molecule is Cc1cnc(C(C)Nc2ccc(N)c3cc(Br)cnc23)s1. The number of nitrogens with one attached hydrogen (secondary N) is 1. The molecule has 0 bridgehead atoms. The average molecular weight is 363 g/mol. The summed E-state index contributed by atoms with van der Waals surface area (Å²) in [4.78, 5) is 10.1. The summed E-state index contributed by atoms with van der Waals surface area (Å²) < 4.78 is 0.919. The summed E-state index contributed by atoms with van der Waals surface area (Å²) in [6.45, 7) is 4.16. The molecular formula is C15H15BrN4S. The molecule has 1 atom stereocenters. The number of rotatable bonds is 3. The van der Waals surface area contributed by atoms with Gasteiger partial charge in [0.05, 0.1) is 17.2 Å². The van der Waals surface area contributed by atoms with Crippen LogP contribution < -0.4 is 11.1 Å². The van der Waals surface area contributed by atoms with Crippen LogP contribution in [0.2, 0.25) is 0 Å². The molecule has 0 spiro atoms. The number of pyridine rings is 1. The lowest BCUT2D eigenvalue weighted by Crippen LogP contribution is -2.07. The summed E-state index contributed by atoms with van der Waals surface area (Å²) in [6, 6.07) is 5.98. The summed E-state index contributed by atoms with van der Waals surface area (Å²) >= 11 is 5.13. The maximum atomic E-state index is 6.04. The van der Waals surface area contributed by atoms with Crippen molar-refractivity contribution < 1.29 is 0 Å². The summed E-state index contributed by atoms with van der Waals surface area (Å²) in [5.74, 6) is 0. The zero-order valence-electron chi connectivity index (χ0n) is 11.7. The van der Waals surface area contributed by atoms with E-state index in [-0.39, 0.29) is 6.04 Å². The van der Waals surface area contributed by atoms with Crippen LogP contribution in [0.5, 0.6) is 0 Å². The zero-order chi connectivity index (χ0) is 15.0. The van der Waals surface area contributed by atoms with E-state index >= 15 is 0 Å². The molecule has 1 aromatic carbocycles. The number of aryl methyl sites for hydroxylation is 1. The van der Waals surface area contributed by atoms with Crippen molar-refractivity contribution in [2.45, 2.75) is 19.9 Å². The molecule has 0 amide bonds. The van der Waals surface area contributed by atoms with Gasteiger partial charge in [0.1, 0.15) is 5.01 Å². The molecule has 3 aromatic rings.